The lowest BCUT2D eigenvalue weighted by molar-refractivity contribution is -0.138. The Morgan fingerprint density at radius 2 is 1.97 bits per heavy atom. The van der Waals surface area contributed by atoms with Gasteiger partial charge < -0.3 is 9.80 Å². The summed E-state index contributed by atoms with van der Waals surface area (Å²) >= 11 is 0. The zero-order valence-electron chi connectivity index (χ0n) is 16.1. The van der Waals surface area contributed by atoms with Crippen LogP contribution in [0.1, 0.15) is 29.8 Å². The Morgan fingerprint density at radius 1 is 1.17 bits per heavy atom. The van der Waals surface area contributed by atoms with Crippen molar-refractivity contribution < 1.29 is 9.59 Å². The Labute approximate surface area is 166 Å². The number of hydrogen-bond acceptors (Lipinski definition) is 4. The van der Waals surface area contributed by atoms with Crippen LogP contribution in [0.25, 0.3) is 16.8 Å². The first-order valence-corrected chi connectivity index (χ1v) is 9.77. The van der Waals surface area contributed by atoms with E-state index in [0.717, 1.165) is 23.2 Å². The molecule has 5 rings (SSSR count). The number of carbonyl (C=O) groups is 2. The Morgan fingerprint density at radius 3 is 2.69 bits per heavy atom. The van der Waals surface area contributed by atoms with Crippen molar-refractivity contribution in [1.82, 2.24) is 24.4 Å². The third-order valence-electron chi connectivity index (χ3n) is 5.74. The summed E-state index contributed by atoms with van der Waals surface area (Å²) in [6.45, 7) is 3.13. The molecule has 1 saturated heterocycles. The van der Waals surface area contributed by atoms with Crippen molar-refractivity contribution in [3.8, 4) is 11.1 Å². The van der Waals surface area contributed by atoms with E-state index in [9.17, 15) is 14.4 Å². The van der Waals surface area contributed by atoms with Gasteiger partial charge in [0, 0.05) is 24.2 Å². The molecule has 0 atom stereocenters. The Balaban J connectivity index is 1.49. The topological polar surface area (TPSA) is 90.8 Å². The van der Waals surface area contributed by atoms with E-state index in [-0.39, 0.29) is 30.5 Å². The van der Waals surface area contributed by atoms with Crippen LogP contribution in [0.3, 0.4) is 0 Å². The fourth-order valence-corrected chi connectivity index (χ4v) is 4.24. The average molecular weight is 391 g/mol. The molecule has 0 aliphatic carbocycles. The van der Waals surface area contributed by atoms with Crippen LogP contribution >= 0.6 is 0 Å². The molecule has 2 aliphatic heterocycles. The minimum atomic E-state index is -0.178. The maximum Gasteiger partial charge on any atom is 0.278 e. The van der Waals surface area contributed by atoms with Gasteiger partial charge in [-0.2, -0.15) is 0 Å². The van der Waals surface area contributed by atoms with Crippen molar-refractivity contribution in [2.45, 2.75) is 32.9 Å². The molecule has 0 spiro atoms. The van der Waals surface area contributed by atoms with Gasteiger partial charge in [0.2, 0.25) is 11.8 Å². The van der Waals surface area contributed by atoms with Gasteiger partial charge in [0.25, 0.3) is 5.56 Å². The molecule has 148 valence electrons. The second-order valence-corrected chi connectivity index (χ2v) is 7.65. The normalized spacial score (nSPS) is 16.1. The fraction of sp³-hybridized carbons (Fsp3) is 0.333. The van der Waals surface area contributed by atoms with Crippen LogP contribution in [0, 0.1) is 6.92 Å². The SMILES string of the molecule is Cc1[nH]n2c(=O)c3c(nc2c1-c1ccccc1)CN(C(=O)CN1CCCC1=O)C3. The summed E-state index contributed by atoms with van der Waals surface area (Å²) in [5, 5.41) is 3.12. The van der Waals surface area contributed by atoms with E-state index in [4.69, 9.17) is 4.98 Å². The number of carbonyl (C=O) groups excluding carboxylic acids is 2. The molecular weight excluding hydrogens is 370 g/mol. The number of aromatic nitrogens is 3. The van der Waals surface area contributed by atoms with E-state index in [1.54, 1.807) is 9.80 Å². The molecule has 1 fully saturated rings. The first kappa shape index (κ1) is 17.7. The number of nitrogens with zero attached hydrogens (tertiary/aromatic N) is 4. The lowest BCUT2D eigenvalue weighted by Gasteiger charge is -2.20. The van der Waals surface area contributed by atoms with Gasteiger partial charge in [0.05, 0.1) is 30.9 Å². The van der Waals surface area contributed by atoms with Gasteiger partial charge in [-0.1, -0.05) is 30.3 Å². The summed E-state index contributed by atoms with van der Waals surface area (Å²) in [6, 6.07) is 9.81. The summed E-state index contributed by atoms with van der Waals surface area (Å²) in [5.41, 5.74) is 4.29. The van der Waals surface area contributed by atoms with Crippen LogP contribution in [-0.2, 0) is 22.7 Å². The molecule has 2 aliphatic rings. The van der Waals surface area contributed by atoms with Crippen molar-refractivity contribution in [3.05, 3.63) is 57.6 Å². The molecular formula is C21H21N5O3. The Kier molecular flexibility index (Phi) is 4.01. The molecule has 2 aromatic heterocycles. The minimum Gasteiger partial charge on any atom is -0.333 e. The van der Waals surface area contributed by atoms with E-state index < -0.39 is 0 Å². The van der Waals surface area contributed by atoms with Crippen molar-refractivity contribution in [2.24, 2.45) is 0 Å². The second kappa shape index (κ2) is 6.58. The number of benzene rings is 1. The molecule has 0 saturated carbocycles. The molecule has 4 heterocycles. The highest BCUT2D eigenvalue weighted by Crippen LogP contribution is 2.28. The molecule has 0 unspecified atom stereocenters. The maximum absolute atomic E-state index is 13.1. The summed E-state index contributed by atoms with van der Waals surface area (Å²) in [7, 11) is 0. The third kappa shape index (κ3) is 2.83. The predicted octanol–water partition coefficient (Wildman–Crippen LogP) is 1.46. The van der Waals surface area contributed by atoms with Crippen molar-refractivity contribution >= 4 is 17.5 Å². The van der Waals surface area contributed by atoms with Gasteiger partial charge in [-0.05, 0) is 18.9 Å². The van der Waals surface area contributed by atoms with Gasteiger partial charge in [-0.25, -0.2) is 9.50 Å². The lowest BCUT2D eigenvalue weighted by atomic mass is 10.1. The first-order chi connectivity index (χ1) is 14.0. The van der Waals surface area contributed by atoms with Crippen LogP contribution in [-0.4, -0.2) is 49.3 Å². The van der Waals surface area contributed by atoms with E-state index in [2.05, 4.69) is 5.10 Å². The molecule has 3 aromatic rings. The Bertz CT molecular complexity index is 1190. The average Bonchev–Trinajstić information content (AvgIpc) is 3.40. The summed E-state index contributed by atoms with van der Waals surface area (Å²) < 4.78 is 1.47. The zero-order valence-corrected chi connectivity index (χ0v) is 16.1. The standard InChI is InChI=1S/C21H21N5O3/c1-13-19(14-6-3-2-4-7-14)20-22-16-11-25(10-15(16)21(29)26(20)23-13)18(28)12-24-9-5-8-17(24)27/h2-4,6-7,23H,5,8-12H2,1H3. The Hall–Kier alpha value is -3.42. The van der Waals surface area contributed by atoms with Gasteiger partial charge >= 0.3 is 0 Å². The van der Waals surface area contributed by atoms with Crippen LogP contribution < -0.4 is 5.56 Å². The van der Waals surface area contributed by atoms with E-state index in [0.29, 0.717) is 36.4 Å². The van der Waals surface area contributed by atoms with E-state index >= 15 is 0 Å². The van der Waals surface area contributed by atoms with Crippen molar-refractivity contribution in [3.63, 3.8) is 0 Å². The van der Waals surface area contributed by atoms with Gasteiger partial charge in [-0.3, -0.25) is 19.5 Å². The number of likely N-dealkylation sites (tertiary alicyclic amines) is 1. The number of amides is 2. The molecule has 2 amide bonds. The number of rotatable bonds is 3. The molecule has 1 N–H and O–H groups in total. The largest absolute Gasteiger partial charge is 0.333 e. The lowest BCUT2D eigenvalue weighted by Crippen LogP contribution is -2.38. The molecule has 1 aromatic carbocycles. The summed E-state index contributed by atoms with van der Waals surface area (Å²) in [6.07, 6.45) is 1.30. The molecule has 8 nitrogen and oxygen atoms in total. The maximum atomic E-state index is 13.1. The van der Waals surface area contributed by atoms with Gasteiger partial charge in [0.1, 0.15) is 0 Å². The highest BCUT2D eigenvalue weighted by molar-refractivity contribution is 5.86. The van der Waals surface area contributed by atoms with Crippen LogP contribution in [0.15, 0.2) is 35.1 Å². The number of aromatic amines is 1. The summed E-state index contributed by atoms with van der Waals surface area (Å²) in [5.74, 6) is -0.129. The number of H-pyrrole nitrogens is 1. The summed E-state index contributed by atoms with van der Waals surface area (Å²) in [4.78, 5) is 45.5. The molecule has 0 radical (unpaired) electrons. The predicted molar refractivity (Wildman–Crippen MR) is 106 cm³/mol. The number of hydrogen-bond donors (Lipinski definition) is 1. The molecule has 0 bridgehead atoms. The second-order valence-electron chi connectivity index (χ2n) is 7.65. The smallest absolute Gasteiger partial charge is 0.278 e. The van der Waals surface area contributed by atoms with Gasteiger partial charge in [0.15, 0.2) is 5.65 Å². The number of nitrogens with one attached hydrogen (secondary N) is 1. The molecule has 29 heavy (non-hydrogen) atoms. The van der Waals surface area contributed by atoms with Crippen molar-refractivity contribution in [1.29, 1.82) is 0 Å². The quantitative estimate of drug-likeness (QED) is 0.732. The molecule has 8 heteroatoms. The fourth-order valence-electron chi connectivity index (χ4n) is 4.24. The monoisotopic (exact) mass is 391 g/mol. The van der Waals surface area contributed by atoms with E-state index in [1.165, 1.54) is 4.52 Å². The van der Waals surface area contributed by atoms with Crippen LogP contribution in [0.5, 0.6) is 0 Å². The van der Waals surface area contributed by atoms with E-state index in [1.807, 2.05) is 37.3 Å². The number of fused-ring (bicyclic) bond motifs is 2. The zero-order chi connectivity index (χ0) is 20.1. The van der Waals surface area contributed by atoms with Gasteiger partial charge in [-0.15, -0.1) is 0 Å². The van der Waals surface area contributed by atoms with Crippen LogP contribution in [0.2, 0.25) is 0 Å². The minimum absolute atomic E-state index is 0.0181. The highest BCUT2D eigenvalue weighted by atomic mass is 16.2. The highest BCUT2D eigenvalue weighted by Gasteiger charge is 2.31. The third-order valence-corrected chi connectivity index (χ3v) is 5.74. The van der Waals surface area contributed by atoms with Crippen molar-refractivity contribution in [2.75, 3.05) is 13.1 Å². The van der Waals surface area contributed by atoms with Crippen LogP contribution in [0.4, 0.5) is 0 Å². The number of aryl methyl sites for hydroxylation is 1. The first-order valence-electron chi connectivity index (χ1n) is 9.77.